The van der Waals surface area contributed by atoms with E-state index in [4.69, 9.17) is 24.6 Å². The maximum absolute atomic E-state index is 15.4. The number of aromatic nitrogens is 1. The second kappa shape index (κ2) is 27.6. The molecular formula is C62H86N12O16. The number of likely N-dealkylation sites (N-methyl/N-ethyl adjacent to an activating group) is 2. The number of aryl methyl sites for hydroxylation is 1. The molecule has 0 saturated carbocycles. The highest BCUT2D eigenvalue weighted by atomic mass is 16.6. The van der Waals surface area contributed by atoms with Gasteiger partial charge in [0, 0.05) is 32.7 Å². The minimum absolute atomic E-state index is 0.0557. The molecule has 1 aliphatic carbocycles. The van der Waals surface area contributed by atoms with Gasteiger partial charge in [-0.2, -0.15) is 0 Å². The van der Waals surface area contributed by atoms with Gasteiger partial charge >= 0.3 is 11.9 Å². The van der Waals surface area contributed by atoms with Gasteiger partial charge in [-0.05, 0) is 108 Å². The van der Waals surface area contributed by atoms with E-state index in [1.54, 1.807) is 76.2 Å². The number of nitrogens with one attached hydrogen (secondary N) is 6. The number of amides is 10. The zero-order chi connectivity index (χ0) is 67.0. The Balaban J connectivity index is 1.34. The summed E-state index contributed by atoms with van der Waals surface area (Å²) in [5.74, 6) is -12.7. The van der Waals surface area contributed by atoms with E-state index in [2.05, 4.69) is 31.9 Å². The van der Waals surface area contributed by atoms with Gasteiger partial charge in [-0.25, -0.2) is 14.6 Å². The molecule has 5 heterocycles. The highest BCUT2D eigenvalue weighted by Gasteiger charge is 2.46. The quantitative estimate of drug-likeness (QED) is 0.0925. The van der Waals surface area contributed by atoms with Crippen molar-refractivity contribution in [2.45, 2.75) is 183 Å². The molecule has 10 amide bonds. The number of nitrogens with two attached hydrogens (primary N) is 1. The molecule has 10 atom stereocenters. The molecule has 0 aromatic heterocycles. The van der Waals surface area contributed by atoms with Gasteiger partial charge < -0.3 is 71.1 Å². The Labute approximate surface area is 521 Å². The first-order valence-electron chi connectivity index (χ1n) is 30.6. The highest BCUT2D eigenvalue weighted by Crippen LogP contribution is 2.37. The Morgan fingerprint density at radius 1 is 0.544 bits per heavy atom. The summed E-state index contributed by atoms with van der Waals surface area (Å²) in [6, 6.07) is -10.9. The number of ether oxygens (including phenoxy) is 2. The largest absolute Gasteiger partial charge is 0.458 e. The normalized spacial score (nSPS) is 26.0. The van der Waals surface area contributed by atoms with Crippen molar-refractivity contribution in [1.82, 2.24) is 56.5 Å². The van der Waals surface area contributed by atoms with Gasteiger partial charge in [0.1, 0.15) is 71.8 Å². The van der Waals surface area contributed by atoms with Gasteiger partial charge in [-0.1, -0.05) is 55.4 Å². The summed E-state index contributed by atoms with van der Waals surface area (Å²) < 4.78 is 18.3. The van der Waals surface area contributed by atoms with Crippen molar-refractivity contribution in [3.63, 3.8) is 0 Å². The molecule has 6 aliphatic rings. The van der Waals surface area contributed by atoms with Crippen LogP contribution in [0, 0.1) is 51.4 Å². The number of hydrogen-bond acceptors (Lipinski definition) is 18. The van der Waals surface area contributed by atoms with E-state index in [1.807, 2.05) is 0 Å². The van der Waals surface area contributed by atoms with Crippen molar-refractivity contribution in [2.75, 3.05) is 46.0 Å². The van der Waals surface area contributed by atoms with E-state index < -0.39 is 191 Å². The van der Waals surface area contributed by atoms with Gasteiger partial charge in [0.2, 0.25) is 52.7 Å². The second-order valence-corrected chi connectivity index (χ2v) is 25.6. The molecular weight excluding hydrogens is 1170 g/mol. The SMILES string of the molecule is Cc1c(C)c(C)c2oc3c(C)c(=O)c(N)c(C(=O)NC4C(=O)N[C@@H](C(C)C)C(=O)N5CCC[C@H]5C(=O)N(C)CC(=O)N[C@@H](C(C)C)C(=O)OC4C)c-3nc2c1C(=O)NC1C(=O)N[C@@H](C(C)C)C(=O)N2CCC[C@H]2C(=O)N(C)CC(=O)N[C@H](C(C)C)C(=O)OC1C. The van der Waals surface area contributed by atoms with Crippen LogP contribution in [0.4, 0.5) is 5.69 Å². The monoisotopic (exact) mass is 1250 g/mol. The fraction of sp³-hybridized carbons (Fsp3) is 0.613. The molecule has 4 unspecified atom stereocenters. The first kappa shape index (κ1) is 68.8. The number of carbonyl (C=O) groups excluding carboxylic acids is 12. The third-order valence-corrected chi connectivity index (χ3v) is 17.6. The van der Waals surface area contributed by atoms with Gasteiger partial charge in [0.25, 0.3) is 11.8 Å². The minimum Gasteiger partial charge on any atom is -0.458 e. The molecule has 490 valence electrons. The number of anilines is 1. The number of nitrogen functional groups attached to an aromatic ring is 1. The summed E-state index contributed by atoms with van der Waals surface area (Å²) in [4.78, 5) is 196. The topological polar surface area (TPSA) is 378 Å². The van der Waals surface area contributed by atoms with Crippen LogP contribution < -0.4 is 43.1 Å². The van der Waals surface area contributed by atoms with Crippen LogP contribution in [-0.2, 0) is 57.4 Å². The van der Waals surface area contributed by atoms with E-state index in [9.17, 15) is 52.7 Å². The number of rotatable bonds is 8. The molecule has 90 heavy (non-hydrogen) atoms. The van der Waals surface area contributed by atoms with E-state index in [0.29, 0.717) is 24.0 Å². The lowest BCUT2D eigenvalue weighted by Crippen LogP contribution is -2.61. The molecule has 1 aromatic rings. The van der Waals surface area contributed by atoms with Crippen LogP contribution in [0.15, 0.2) is 9.21 Å². The van der Waals surface area contributed by atoms with Crippen LogP contribution >= 0.6 is 0 Å². The Morgan fingerprint density at radius 2 is 0.944 bits per heavy atom. The third kappa shape index (κ3) is 13.9. The standard InChI is InChI=1S/C62H86N12O16/c1-25(2)42-59(84)73-21-17-19-35(73)57(82)71(15)23-37(75)64-44(27(5)6)61(86)88-33(13)46(55(80)67-42)69-53(78)39-30(10)29(9)31(11)51-48(39)66-49-40(41(63)50(77)32(12)52(49)90-51)54(79)70-47-34(14)89-62(87)45(28(7)8)65-38(76)24-72(16)58(83)36-20-18-22-74(36)60(85)43(26(3)4)68-56(47)81/h25-28,33-36,42-47H,17-24,63H2,1-16H3,(H,64,75)(H,65,76)(H,67,80)(H,68,81)(H,69,78)(H,70,79)/t33?,34?,35-,36-,42-,43-,44+,45-,46?,47?/m0/s1. The number of cyclic esters (lactones) is 2. The van der Waals surface area contributed by atoms with Crippen LogP contribution in [0.1, 0.15) is 138 Å². The molecule has 0 radical (unpaired) electrons. The van der Waals surface area contributed by atoms with Crippen molar-refractivity contribution in [2.24, 2.45) is 23.7 Å². The maximum atomic E-state index is 15.4. The summed E-state index contributed by atoms with van der Waals surface area (Å²) in [5.41, 5.74) is 4.52. The van der Waals surface area contributed by atoms with Gasteiger partial charge in [0.15, 0.2) is 11.3 Å². The predicted octanol–water partition coefficient (Wildman–Crippen LogP) is 0.658. The first-order valence-corrected chi connectivity index (χ1v) is 30.6. The fourth-order valence-corrected chi connectivity index (χ4v) is 12.0. The summed E-state index contributed by atoms with van der Waals surface area (Å²) in [7, 11) is 2.81. The van der Waals surface area contributed by atoms with Gasteiger partial charge in [0.05, 0.1) is 29.9 Å². The van der Waals surface area contributed by atoms with E-state index in [1.165, 1.54) is 49.6 Å². The molecule has 8 N–H and O–H groups in total. The second-order valence-electron chi connectivity index (χ2n) is 25.6. The lowest BCUT2D eigenvalue weighted by atomic mass is 9.94. The maximum Gasteiger partial charge on any atom is 0.329 e. The lowest BCUT2D eigenvalue weighted by molar-refractivity contribution is -0.157. The molecule has 28 nitrogen and oxygen atoms in total. The van der Waals surface area contributed by atoms with Crippen molar-refractivity contribution < 1.29 is 71.4 Å². The fourth-order valence-electron chi connectivity index (χ4n) is 12.0. The number of esters is 2. The lowest BCUT2D eigenvalue weighted by Gasteiger charge is -2.34. The number of fused-ring (bicyclic) bond motifs is 4. The van der Waals surface area contributed by atoms with E-state index in [-0.39, 0.29) is 59.5 Å². The summed E-state index contributed by atoms with van der Waals surface area (Å²) in [6.07, 6.45) is -1.68. The van der Waals surface area contributed by atoms with Crippen LogP contribution in [0.25, 0.3) is 22.6 Å². The molecule has 0 bridgehead atoms. The predicted molar refractivity (Wildman–Crippen MR) is 326 cm³/mol. The van der Waals surface area contributed by atoms with Crippen molar-refractivity contribution in [3.05, 3.63) is 43.6 Å². The number of nitrogens with zero attached hydrogens (tertiary/aromatic N) is 5. The smallest absolute Gasteiger partial charge is 0.329 e. The number of benzene rings is 2. The average molecular weight is 1260 g/mol. The Bertz CT molecular complexity index is 3450. The Hall–Kier alpha value is -8.72. The summed E-state index contributed by atoms with van der Waals surface area (Å²) in [5, 5.41) is 16.0. The van der Waals surface area contributed by atoms with Crippen LogP contribution in [0.2, 0.25) is 0 Å². The summed E-state index contributed by atoms with van der Waals surface area (Å²) in [6.45, 7) is 21.5. The zero-order valence-corrected chi connectivity index (χ0v) is 54.1. The zero-order valence-electron chi connectivity index (χ0n) is 54.1. The van der Waals surface area contributed by atoms with E-state index in [0.717, 1.165) is 4.90 Å². The van der Waals surface area contributed by atoms with Crippen LogP contribution in [-0.4, -0.2) is 196 Å². The average Bonchev–Trinajstić information content (AvgIpc) is 0.901. The molecule has 0 spiro atoms. The third-order valence-electron chi connectivity index (χ3n) is 17.6. The first-order chi connectivity index (χ1) is 42.1. The van der Waals surface area contributed by atoms with Crippen LogP contribution in [0.3, 0.4) is 0 Å². The Morgan fingerprint density at radius 3 is 1.34 bits per heavy atom. The number of hydrogen-bond donors (Lipinski definition) is 7. The van der Waals surface area contributed by atoms with Crippen LogP contribution in [0.5, 0.6) is 0 Å². The molecule has 5 aliphatic heterocycles. The summed E-state index contributed by atoms with van der Waals surface area (Å²) >= 11 is 0. The molecule has 4 saturated heterocycles. The molecule has 28 heteroatoms. The van der Waals surface area contributed by atoms with Gasteiger partial charge in [-0.3, -0.25) is 52.7 Å². The van der Waals surface area contributed by atoms with Crippen molar-refractivity contribution in [3.8, 4) is 11.5 Å². The van der Waals surface area contributed by atoms with Gasteiger partial charge in [-0.15, -0.1) is 0 Å². The minimum atomic E-state index is -1.89. The highest BCUT2D eigenvalue weighted by molar-refractivity contribution is 6.11. The Kier molecular flexibility index (Phi) is 21.1. The molecule has 4 fully saturated rings. The van der Waals surface area contributed by atoms with Crippen molar-refractivity contribution >= 4 is 87.8 Å². The molecule has 7 rings (SSSR count). The number of carbonyl (C=O) groups is 12. The van der Waals surface area contributed by atoms with Crippen molar-refractivity contribution in [1.29, 1.82) is 0 Å². The molecule has 1 aromatic carbocycles. The van der Waals surface area contributed by atoms with E-state index >= 15 is 9.59 Å².